The van der Waals surface area contributed by atoms with Crippen LogP contribution in [0.25, 0.3) is 34.2 Å². The van der Waals surface area contributed by atoms with Crippen LogP contribution in [0, 0.1) is 5.82 Å². The van der Waals surface area contributed by atoms with Gasteiger partial charge in [-0.3, -0.25) is 4.98 Å². The predicted molar refractivity (Wildman–Crippen MR) is 80.6 cm³/mol. The number of benzene rings is 1. The number of aromatic nitrogens is 3. The van der Waals surface area contributed by atoms with Crippen LogP contribution in [0.4, 0.5) is 4.39 Å². The first kappa shape index (κ1) is 13.4. The van der Waals surface area contributed by atoms with Gasteiger partial charge in [0, 0.05) is 23.5 Å². The van der Waals surface area contributed by atoms with Gasteiger partial charge >= 0.3 is 0 Å². The molecule has 3 aromatic heterocycles. The molecule has 0 aliphatic rings. The quantitative estimate of drug-likeness (QED) is 0.567. The summed E-state index contributed by atoms with van der Waals surface area (Å²) >= 11 is 0. The highest BCUT2D eigenvalue weighted by atomic mass is 19.1. The van der Waals surface area contributed by atoms with Gasteiger partial charge in [0.2, 0.25) is 11.8 Å². The standard InChI is InChI=1S/C17H10FN3O2/c18-12-3-4-13(15-2-1-9-22-15)14(10-12)17-21-20-16(23-17)11-5-7-19-8-6-11/h1-10H. The van der Waals surface area contributed by atoms with Crippen molar-refractivity contribution in [3.63, 3.8) is 0 Å². The zero-order valence-corrected chi connectivity index (χ0v) is 11.8. The molecule has 112 valence electrons. The highest BCUT2D eigenvalue weighted by molar-refractivity contribution is 5.77. The average molecular weight is 307 g/mol. The van der Waals surface area contributed by atoms with Crippen molar-refractivity contribution < 1.29 is 13.2 Å². The van der Waals surface area contributed by atoms with E-state index < -0.39 is 0 Å². The van der Waals surface area contributed by atoms with Gasteiger partial charge in [0.05, 0.1) is 11.8 Å². The third kappa shape index (κ3) is 2.50. The Hall–Kier alpha value is -3.28. The van der Waals surface area contributed by atoms with Gasteiger partial charge in [-0.05, 0) is 42.5 Å². The van der Waals surface area contributed by atoms with Gasteiger partial charge in [-0.25, -0.2) is 4.39 Å². The Balaban J connectivity index is 1.82. The summed E-state index contributed by atoms with van der Waals surface area (Å²) in [6.07, 6.45) is 4.82. The van der Waals surface area contributed by atoms with Crippen molar-refractivity contribution >= 4 is 0 Å². The lowest BCUT2D eigenvalue weighted by Crippen LogP contribution is -1.86. The molecule has 5 nitrogen and oxygen atoms in total. The zero-order valence-electron chi connectivity index (χ0n) is 11.8. The summed E-state index contributed by atoms with van der Waals surface area (Å²) in [5.74, 6) is 0.780. The van der Waals surface area contributed by atoms with Crippen LogP contribution in [0.3, 0.4) is 0 Å². The molecule has 0 aliphatic carbocycles. The molecule has 0 spiro atoms. The lowest BCUT2D eigenvalue weighted by atomic mass is 10.1. The Morgan fingerprint density at radius 3 is 2.48 bits per heavy atom. The Kier molecular flexibility index (Phi) is 3.20. The van der Waals surface area contributed by atoms with E-state index in [9.17, 15) is 4.39 Å². The largest absolute Gasteiger partial charge is 0.464 e. The number of halogens is 1. The minimum absolute atomic E-state index is 0.225. The van der Waals surface area contributed by atoms with Crippen molar-refractivity contribution in [1.82, 2.24) is 15.2 Å². The van der Waals surface area contributed by atoms with Crippen molar-refractivity contribution in [2.75, 3.05) is 0 Å². The molecule has 0 unspecified atom stereocenters. The summed E-state index contributed by atoms with van der Waals surface area (Å²) in [4.78, 5) is 3.94. The summed E-state index contributed by atoms with van der Waals surface area (Å²) < 4.78 is 24.8. The van der Waals surface area contributed by atoms with Crippen LogP contribution in [0.5, 0.6) is 0 Å². The molecule has 4 rings (SSSR count). The van der Waals surface area contributed by atoms with Gasteiger partial charge in [0.1, 0.15) is 11.6 Å². The van der Waals surface area contributed by atoms with Crippen molar-refractivity contribution in [2.45, 2.75) is 0 Å². The Morgan fingerprint density at radius 2 is 1.70 bits per heavy atom. The number of pyridine rings is 1. The van der Waals surface area contributed by atoms with E-state index >= 15 is 0 Å². The van der Waals surface area contributed by atoms with Crippen LogP contribution in [0.15, 0.2) is 70.0 Å². The first-order chi connectivity index (χ1) is 11.3. The van der Waals surface area contributed by atoms with Gasteiger partial charge in [-0.1, -0.05) is 0 Å². The maximum Gasteiger partial charge on any atom is 0.249 e. The van der Waals surface area contributed by atoms with E-state index in [1.807, 2.05) is 0 Å². The van der Waals surface area contributed by atoms with Crippen LogP contribution in [0.1, 0.15) is 0 Å². The molecule has 0 radical (unpaired) electrons. The van der Waals surface area contributed by atoms with Crippen LogP contribution < -0.4 is 0 Å². The van der Waals surface area contributed by atoms with Crippen molar-refractivity contribution in [3.05, 3.63) is 66.9 Å². The number of furan rings is 1. The molecule has 0 saturated heterocycles. The Bertz CT molecular complexity index is 934. The SMILES string of the molecule is Fc1ccc(-c2ccco2)c(-c2nnc(-c3ccncc3)o2)c1. The molecule has 0 amide bonds. The fourth-order valence-electron chi connectivity index (χ4n) is 2.28. The molecule has 0 aliphatic heterocycles. The van der Waals surface area contributed by atoms with Gasteiger partial charge in [-0.15, -0.1) is 10.2 Å². The van der Waals surface area contributed by atoms with E-state index in [4.69, 9.17) is 8.83 Å². The second kappa shape index (κ2) is 5.49. The van der Waals surface area contributed by atoms with Gasteiger partial charge < -0.3 is 8.83 Å². The zero-order chi connectivity index (χ0) is 15.6. The third-order valence-electron chi connectivity index (χ3n) is 3.35. The fourth-order valence-corrected chi connectivity index (χ4v) is 2.28. The van der Waals surface area contributed by atoms with Crippen molar-refractivity contribution in [2.24, 2.45) is 0 Å². The number of nitrogens with zero attached hydrogens (tertiary/aromatic N) is 3. The molecule has 0 atom stereocenters. The maximum atomic E-state index is 13.7. The van der Waals surface area contributed by atoms with Gasteiger partial charge in [0.25, 0.3) is 0 Å². The maximum absolute atomic E-state index is 13.7. The molecule has 3 heterocycles. The van der Waals surface area contributed by atoms with E-state index in [0.717, 1.165) is 5.56 Å². The molecule has 1 aromatic carbocycles. The molecule has 6 heteroatoms. The van der Waals surface area contributed by atoms with Crippen molar-refractivity contribution in [1.29, 1.82) is 0 Å². The summed E-state index contributed by atoms with van der Waals surface area (Å²) in [6.45, 7) is 0. The fraction of sp³-hybridized carbons (Fsp3) is 0. The van der Waals surface area contributed by atoms with Crippen LogP contribution in [-0.2, 0) is 0 Å². The number of rotatable bonds is 3. The lowest BCUT2D eigenvalue weighted by molar-refractivity contribution is 0.574. The highest BCUT2D eigenvalue weighted by Gasteiger charge is 2.17. The first-order valence-electron chi connectivity index (χ1n) is 6.89. The lowest BCUT2D eigenvalue weighted by Gasteiger charge is -2.03. The van der Waals surface area contributed by atoms with E-state index in [1.54, 1.807) is 49.0 Å². The number of hydrogen-bond acceptors (Lipinski definition) is 5. The molecule has 0 N–H and O–H groups in total. The Labute approximate surface area is 130 Å². The minimum atomic E-state index is -0.390. The topological polar surface area (TPSA) is 65.0 Å². The molecule has 0 saturated carbocycles. The smallest absolute Gasteiger partial charge is 0.249 e. The van der Waals surface area contributed by atoms with Crippen LogP contribution in [-0.4, -0.2) is 15.2 Å². The summed E-state index contributed by atoms with van der Waals surface area (Å²) in [5.41, 5.74) is 1.91. The molecule has 23 heavy (non-hydrogen) atoms. The van der Waals surface area contributed by atoms with E-state index in [0.29, 0.717) is 22.8 Å². The summed E-state index contributed by atoms with van der Waals surface area (Å²) in [6, 6.07) is 11.4. The predicted octanol–water partition coefficient (Wildman–Crippen LogP) is 4.20. The number of hydrogen-bond donors (Lipinski definition) is 0. The minimum Gasteiger partial charge on any atom is -0.464 e. The first-order valence-corrected chi connectivity index (χ1v) is 6.89. The van der Waals surface area contributed by atoms with Crippen LogP contribution >= 0.6 is 0 Å². The van der Waals surface area contributed by atoms with Gasteiger partial charge in [-0.2, -0.15) is 0 Å². The molecule has 4 aromatic rings. The van der Waals surface area contributed by atoms with E-state index in [-0.39, 0.29) is 11.7 Å². The highest BCUT2D eigenvalue weighted by Crippen LogP contribution is 2.33. The molecular formula is C17H10FN3O2. The second-order valence-corrected chi connectivity index (χ2v) is 4.82. The molecular weight excluding hydrogens is 297 g/mol. The third-order valence-corrected chi connectivity index (χ3v) is 3.35. The average Bonchev–Trinajstić information content (AvgIpc) is 3.27. The molecule has 0 bridgehead atoms. The molecule has 0 fully saturated rings. The second-order valence-electron chi connectivity index (χ2n) is 4.82. The Morgan fingerprint density at radius 1 is 0.870 bits per heavy atom. The summed E-state index contributed by atoms with van der Waals surface area (Å²) in [5, 5.41) is 8.05. The van der Waals surface area contributed by atoms with E-state index in [2.05, 4.69) is 15.2 Å². The normalized spacial score (nSPS) is 10.8. The monoisotopic (exact) mass is 307 g/mol. The van der Waals surface area contributed by atoms with Crippen LogP contribution in [0.2, 0.25) is 0 Å². The summed E-state index contributed by atoms with van der Waals surface area (Å²) in [7, 11) is 0. The van der Waals surface area contributed by atoms with E-state index in [1.165, 1.54) is 12.1 Å². The van der Waals surface area contributed by atoms with Gasteiger partial charge in [0.15, 0.2) is 0 Å². The van der Waals surface area contributed by atoms with Crippen molar-refractivity contribution in [3.8, 4) is 34.2 Å².